The van der Waals surface area contributed by atoms with Crippen molar-refractivity contribution in [1.82, 2.24) is 5.32 Å². The second-order valence-corrected chi connectivity index (χ2v) is 5.25. The van der Waals surface area contributed by atoms with Gasteiger partial charge in [0.05, 0.1) is 13.7 Å². The van der Waals surface area contributed by atoms with Crippen molar-refractivity contribution in [2.75, 3.05) is 25.6 Å². The molecule has 23 heavy (non-hydrogen) atoms. The highest BCUT2D eigenvalue weighted by atomic mass is 16.5. The molecule has 0 saturated carbocycles. The molecule has 5 heteroatoms. The van der Waals surface area contributed by atoms with E-state index >= 15 is 0 Å². The second kappa shape index (κ2) is 8.08. The summed E-state index contributed by atoms with van der Waals surface area (Å²) in [4.78, 5) is 11.8. The number of urea groups is 1. The largest absolute Gasteiger partial charge is 0.493 e. The predicted octanol–water partition coefficient (Wildman–Crippen LogP) is 3.51. The fourth-order valence-electron chi connectivity index (χ4n) is 2.12. The molecule has 0 aliphatic heterocycles. The molecule has 0 aliphatic carbocycles. The van der Waals surface area contributed by atoms with E-state index in [9.17, 15) is 4.79 Å². The number of aryl methyl sites for hydroxylation is 2. The number of benzene rings is 2. The molecule has 0 radical (unpaired) electrons. The molecule has 2 N–H and O–H groups in total. The fourth-order valence-corrected chi connectivity index (χ4v) is 2.12. The standard InChI is InChI=1S/C18H22N2O3/c1-13-5-4-6-15(11-13)20-18(21)19-9-10-23-16-8-7-14(2)12-17(16)22-3/h4-8,11-12H,9-10H2,1-3H3,(H2,19,20,21). The van der Waals surface area contributed by atoms with Gasteiger partial charge in [0.2, 0.25) is 0 Å². The second-order valence-electron chi connectivity index (χ2n) is 5.25. The summed E-state index contributed by atoms with van der Waals surface area (Å²) in [6.45, 7) is 4.73. The molecular formula is C18H22N2O3. The summed E-state index contributed by atoms with van der Waals surface area (Å²) in [6.07, 6.45) is 0. The minimum absolute atomic E-state index is 0.255. The monoisotopic (exact) mass is 314 g/mol. The molecule has 122 valence electrons. The maximum Gasteiger partial charge on any atom is 0.319 e. The van der Waals surface area contributed by atoms with Crippen LogP contribution in [0.5, 0.6) is 11.5 Å². The van der Waals surface area contributed by atoms with Gasteiger partial charge in [0.15, 0.2) is 11.5 Å². The molecule has 0 heterocycles. The van der Waals surface area contributed by atoms with Gasteiger partial charge in [0.25, 0.3) is 0 Å². The van der Waals surface area contributed by atoms with Crippen LogP contribution in [0.3, 0.4) is 0 Å². The lowest BCUT2D eigenvalue weighted by molar-refractivity contribution is 0.246. The number of anilines is 1. The van der Waals surface area contributed by atoms with Gasteiger partial charge in [-0.05, 0) is 49.2 Å². The lowest BCUT2D eigenvalue weighted by atomic mass is 10.2. The smallest absolute Gasteiger partial charge is 0.319 e. The van der Waals surface area contributed by atoms with Crippen molar-refractivity contribution in [3.05, 3.63) is 53.6 Å². The van der Waals surface area contributed by atoms with Crippen molar-refractivity contribution in [3.8, 4) is 11.5 Å². The van der Waals surface area contributed by atoms with Crippen LogP contribution in [0.15, 0.2) is 42.5 Å². The van der Waals surface area contributed by atoms with E-state index in [1.165, 1.54) is 0 Å². The van der Waals surface area contributed by atoms with Crippen molar-refractivity contribution >= 4 is 11.7 Å². The third kappa shape index (κ3) is 5.21. The summed E-state index contributed by atoms with van der Waals surface area (Å²) in [5.74, 6) is 1.35. The highest BCUT2D eigenvalue weighted by Crippen LogP contribution is 2.27. The van der Waals surface area contributed by atoms with E-state index in [2.05, 4.69) is 10.6 Å². The van der Waals surface area contributed by atoms with Crippen LogP contribution >= 0.6 is 0 Å². The van der Waals surface area contributed by atoms with E-state index in [1.807, 2.05) is 56.3 Å². The van der Waals surface area contributed by atoms with Crippen LogP contribution in [0.2, 0.25) is 0 Å². The quantitative estimate of drug-likeness (QED) is 0.802. The molecule has 0 saturated heterocycles. The summed E-state index contributed by atoms with van der Waals surface area (Å²) in [7, 11) is 1.61. The van der Waals surface area contributed by atoms with Gasteiger partial charge in [-0.1, -0.05) is 18.2 Å². The predicted molar refractivity (Wildman–Crippen MR) is 91.4 cm³/mol. The molecule has 2 aromatic rings. The number of carbonyl (C=O) groups is 1. The van der Waals surface area contributed by atoms with Crippen LogP contribution < -0.4 is 20.1 Å². The molecule has 2 aromatic carbocycles. The zero-order valence-corrected chi connectivity index (χ0v) is 13.7. The third-order valence-corrected chi connectivity index (χ3v) is 3.24. The Labute approximate surface area is 136 Å². The Morgan fingerprint density at radius 3 is 2.57 bits per heavy atom. The molecule has 0 aromatic heterocycles. The molecule has 0 spiro atoms. The van der Waals surface area contributed by atoms with Gasteiger partial charge in [-0.3, -0.25) is 0 Å². The molecule has 0 aliphatic rings. The van der Waals surface area contributed by atoms with Gasteiger partial charge < -0.3 is 20.1 Å². The first kappa shape index (κ1) is 16.7. The topological polar surface area (TPSA) is 59.6 Å². The molecule has 0 fully saturated rings. The van der Waals surface area contributed by atoms with Crippen molar-refractivity contribution in [2.45, 2.75) is 13.8 Å². The maximum atomic E-state index is 11.8. The highest BCUT2D eigenvalue weighted by Gasteiger charge is 2.05. The number of carbonyl (C=O) groups excluding carboxylic acids is 1. The van der Waals surface area contributed by atoms with E-state index < -0.39 is 0 Å². The zero-order valence-electron chi connectivity index (χ0n) is 13.7. The Bertz CT molecular complexity index is 671. The normalized spacial score (nSPS) is 10.0. The van der Waals surface area contributed by atoms with Crippen LogP contribution in [0.1, 0.15) is 11.1 Å². The van der Waals surface area contributed by atoms with Gasteiger partial charge in [-0.2, -0.15) is 0 Å². The number of hydrogen-bond acceptors (Lipinski definition) is 3. The van der Waals surface area contributed by atoms with Crippen molar-refractivity contribution in [1.29, 1.82) is 0 Å². The number of nitrogens with one attached hydrogen (secondary N) is 2. The molecule has 2 amide bonds. The van der Waals surface area contributed by atoms with Gasteiger partial charge in [-0.15, -0.1) is 0 Å². The van der Waals surface area contributed by atoms with E-state index in [0.29, 0.717) is 24.7 Å². The van der Waals surface area contributed by atoms with Crippen LogP contribution in [-0.2, 0) is 0 Å². The average Bonchev–Trinajstić information content (AvgIpc) is 2.52. The minimum Gasteiger partial charge on any atom is -0.493 e. The highest BCUT2D eigenvalue weighted by molar-refractivity contribution is 5.89. The SMILES string of the molecule is COc1cc(C)ccc1OCCNC(=O)Nc1cccc(C)c1. The van der Waals surface area contributed by atoms with Crippen LogP contribution in [0.25, 0.3) is 0 Å². The first-order valence-electron chi connectivity index (χ1n) is 7.47. The number of rotatable bonds is 6. The van der Waals surface area contributed by atoms with Gasteiger partial charge in [0.1, 0.15) is 6.61 Å². The lowest BCUT2D eigenvalue weighted by Crippen LogP contribution is -2.32. The minimum atomic E-state index is -0.255. The summed E-state index contributed by atoms with van der Waals surface area (Å²) in [5.41, 5.74) is 2.96. The number of ether oxygens (including phenoxy) is 2. The Hall–Kier alpha value is -2.69. The third-order valence-electron chi connectivity index (χ3n) is 3.24. The number of amides is 2. The van der Waals surface area contributed by atoms with Gasteiger partial charge >= 0.3 is 6.03 Å². The molecule has 0 unspecified atom stereocenters. The van der Waals surface area contributed by atoms with E-state index in [1.54, 1.807) is 7.11 Å². The van der Waals surface area contributed by atoms with E-state index in [0.717, 1.165) is 16.8 Å². The Balaban J connectivity index is 1.76. The summed E-state index contributed by atoms with van der Waals surface area (Å²) in [5, 5.41) is 5.53. The van der Waals surface area contributed by atoms with Crippen LogP contribution in [-0.4, -0.2) is 26.3 Å². The van der Waals surface area contributed by atoms with Crippen molar-refractivity contribution in [3.63, 3.8) is 0 Å². The fraction of sp³-hybridized carbons (Fsp3) is 0.278. The lowest BCUT2D eigenvalue weighted by Gasteiger charge is -2.12. The Morgan fingerprint density at radius 1 is 1.04 bits per heavy atom. The summed E-state index contributed by atoms with van der Waals surface area (Å²) < 4.78 is 10.9. The molecular weight excluding hydrogens is 292 g/mol. The first-order valence-corrected chi connectivity index (χ1v) is 7.47. The summed E-state index contributed by atoms with van der Waals surface area (Å²) >= 11 is 0. The molecule has 0 bridgehead atoms. The van der Waals surface area contributed by atoms with E-state index in [-0.39, 0.29) is 6.03 Å². The van der Waals surface area contributed by atoms with Gasteiger partial charge in [0, 0.05) is 5.69 Å². The molecule has 5 nitrogen and oxygen atoms in total. The Kier molecular flexibility index (Phi) is 5.86. The summed E-state index contributed by atoms with van der Waals surface area (Å²) in [6, 6.07) is 13.1. The van der Waals surface area contributed by atoms with Crippen molar-refractivity contribution in [2.24, 2.45) is 0 Å². The molecule has 2 rings (SSSR count). The molecule has 0 atom stereocenters. The van der Waals surface area contributed by atoms with Crippen LogP contribution in [0, 0.1) is 13.8 Å². The average molecular weight is 314 g/mol. The number of methoxy groups -OCH3 is 1. The Morgan fingerprint density at radius 2 is 1.83 bits per heavy atom. The first-order chi connectivity index (χ1) is 11.1. The van der Waals surface area contributed by atoms with E-state index in [4.69, 9.17) is 9.47 Å². The maximum absolute atomic E-state index is 11.8. The van der Waals surface area contributed by atoms with Crippen molar-refractivity contribution < 1.29 is 14.3 Å². The van der Waals surface area contributed by atoms with Crippen LogP contribution in [0.4, 0.5) is 10.5 Å². The number of hydrogen-bond donors (Lipinski definition) is 2. The zero-order chi connectivity index (χ0) is 16.7. The van der Waals surface area contributed by atoms with Gasteiger partial charge in [-0.25, -0.2) is 4.79 Å².